The molecule has 1 aliphatic heterocycles. The second-order valence-corrected chi connectivity index (χ2v) is 13.3. The summed E-state index contributed by atoms with van der Waals surface area (Å²) in [5, 5.41) is 19.7. The Morgan fingerprint density at radius 2 is 1.03 bits per heavy atom. The number of rotatable bonds is 37. The van der Waals surface area contributed by atoms with Crippen molar-refractivity contribution in [2.45, 2.75) is 39.3 Å². The third kappa shape index (κ3) is 25.3. The van der Waals surface area contributed by atoms with E-state index in [1.165, 1.54) is 12.2 Å². The van der Waals surface area contributed by atoms with Crippen molar-refractivity contribution in [1.29, 1.82) is 0 Å². The van der Waals surface area contributed by atoms with Crippen LogP contribution in [0.3, 0.4) is 0 Å². The summed E-state index contributed by atoms with van der Waals surface area (Å²) < 4.78 is 43.6. The zero-order valence-corrected chi connectivity index (χ0v) is 34.8. The van der Waals surface area contributed by atoms with Crippen LogP contribution in [0.4, 0.5) is 5.69 Å². The standard InChI is InChI=1S/C40H63N5O15/c1-31(2)39(40(52)42-29-36(49)43-33-5-3-32(30-46)4-6-33)44-35(48)10-13-53-15-17-55-19-21-57-23-25-59-27-28-60-26-24-58-22-20-56-18-16-54-14-11-41-34(47)9-12-45-37(50)7-8-38(45)51/h3-8,31,39,46H,9-30H2,1-2H3,(H,41,47)(H,42,52)(H,43,49)(H,44,48)/t39-/m1/s1. The molecule has 1 aromatic rings. The first-order valence-corrected chi connectivity index (χ1v) is 20.1. The quantitative estimate of drug-likeness (QED) is 0.0412. The second kappa shape index (κ2) is 33.4. The first kappa shape index (κ1) is 51.8. The van der Waals surface area contributed by atoms with Gasteiger partial charge in [0.25, 0.3) is 11.8 Å². The lowest BCUT2D eigenvalue weighted by atomic mass is 10.0. The molecule has 0 saturated carbocycles. The van der Waals surface area contributed by atoms with Gasteiger partial charge in [-0.05, 0) is 23.6 Å². The lowest BCUT2D eigenvalue weighted by molar-refractivity contribution is -0.137. The van der Waals surface area contributed by atoms with Gasteiger partial charge in [-0.2, -0.15) is 0 Å². The molecule has 1 heterocycles. The molecule has 0 unspecified atom stereocenters. The molecule has 60 heavy (non-hydrogen) atoms. The highest BCUT2D eigenvalue weighted by atomic mass is 16.6. The maximum Gasteiger partial charge on any atom is 0.253 e. The molecule has 2 rings (SSSR count). The minimum absolute atomic E-state index is 0.0377. The lowest BCUT2D eigenvalue weighted by Gasteiger charge is -2.21. The van der Waals surface area contributed by atoms with Crippen molar-refractivity contribution < 1.29 is 71.8 Å². The zero-order valence-electron chi connectivity index (χ0n) is 34.8. The Morgan fingerprint density at radius 3 is 1.48 bits per heavy atom. The summed E-state index contributed by atoms with van der Waals surface area (Å²) in [5.41, 5.74) is 1.25. The largest absolute Gasteiger partial charge is 0.392 e. The van der Waals surface area contributed by atoms with Crippen LogP contribution in [-0.4, -0.2) is 177 Å². The minimum atomic E-state index is -0.815. The molecule has 0 aromatic heterocycles. The van der Waals surface area contributed by atoms with Crippen LogP contribution in [0.5, 0.6) is 0 Å². The van der Waals surface area contributed by atoms with E-state index in [-0.39, 0.29) is 56.9 Å². The number of imide groups is 1. The van der Waals surface area contributed by atoms with E-state index in [0.29, 0.717) is 117 Å². The summed E-state index contributed by atoms with van der Waals surface area (Å²) in [6.45, 7) is 9.55. The number of anilines is 1. The summed E-state index contributed by atoms with van der Waals surface area (Å²) in [6, 6.07) is 5.86. The number of aliphatic hydroxyl groups is 1. The van der Waals surface area contributed by atoms with Crippen molar-refractivity contribution in [2.75, 3.05) is 131 Å². The fraction of sp³-hybridized carbons (Fsp3) is 0.650. The number of ether oxygens (including phenoxy) is 8. The van der Waals surface area contributed by atoms with E-state index < -0.39 is 29.7 Å². The Morgan fingerprint density at radius 1 is 0.583 bits per heavy atom. The third-order valence-corrected chi connectivity index (χ3v) is 8.22. The number of benzene rings is 1. The molecule has 0 spiro atoms. The summed E-state index contributed by atoms with van der Waals surface area (Å²) in [7, 11) is 0. The Labute approximate surface area is 351 Å². The molecule has 338 valence electrons. The van der Waals surface area contributed by atoms with Crippen LogP contribution in [0.2, 0.25) is 0 Å². The topological polar surface area (TPSA) is 248 Å². The molecule has 6 amide bonds. The first-order valence-electron chi connectivity index (χ1n) is 20.1. The molecule has 1 aromatic carbocycles. The smallest absolute Gasteiger partial charge is 0.253 e. The summed E-state index contributed by atoms with van der Waals surface area (Å²) in [5.74, 6) is -2.53. The molecular weight excluding hydrogens is 790 g/mol. The van der Waals surface area contributed by atoms with Crippen LogP contribution in [0.15, 0.2) is 36.4 Å². The fourth-order valence-electron chi connectivity index (χ4n) is 4.98. The van der Waals surface area contributed by atoms with Gasteiger partial charge >= 0.3 is 0 Å². The number of carbonyl (C=O) groups is 6. The molecule has 1 aliphatic rings. The highest BCUT2D eigenvalue weighted by Crippen LogP contribution is 2.09. The van der Waals surface area contributed by atoms with E-state index in [1.807, 2.05) is 0 Å². The molecule has 20 nitrogen and oxygen atoms in total. The normalized spacial score (nSPS) is 12.9. The predicted octanol–water partition coefficient (Wildman–Crippen LogP) is -0.671. The van der Waals surface area contributed by atoms with Crippen molar-refractivity contribution in [1.82, 2.24) is 20.9 Å². The summed E-state index contributed by atoms with van der Waals surface area (Å²) in [6.07, 6.45) is 2.46. The molecule has 0 fully saturated rings. The van der Waals surface area contributed by atoms with E-state index in [1.54, 1.807) is 38.1 Å². The number of nitrogens with one attached hydrogen (secondary N) is 4. The maximum absolute atomic E-state index is 12.7. The molecule has 0 aliphatic carbocycles. The summed E-state index contributed by atoms with van der Waals surface area (Å²) >= 11 is 0. The molecule has 0 saturated heterocycles. The zero-order chi connectivity index (χ0) is 43.6. The van der Waals surface area contributed by atoms with Crippen molar-refractivity contribution in [3.05, 3.63) is 42.0 Å². The maximum atomic E-state index is 12.7. The van der Waals surface area contributed by atoms with Crippen molar-refractivity contribution in [2.24, 2.45) is 5.92 Å². The van der Waals surface area contributed by atoms with Gasteiger partial charge in [0, 0.05) is 43.8 Å². The van der Waals surface area contributed by atoms with Gasteiger partial charge in [0.2, 0.25) is 23.6 Å². The number of hydrogen-bond acceptors (Lipinski definition) is 15. The van der Waals surface area contributed by atoms with Crippen LogP contribution in [-0.2, 0) is 73.3 Å². The van der Waals surface area contributed by atoms with Gasteiger partial charge < -0.3 is 64.3 Å². The van der Waals surface area contributed by atoms with Crippen molar-refractivity contribution in [3.8, 4) is 0 Å². The Kier molecular flexibility index (Phi) is 28.8. The number of hydrogen-bond donors (Lipinski definition) is 5. The Hall–Kier alpha value is -4.38. The molecule has 0 radical (unpaired) electrons. The number of amides is 6. The van der Waals surface area contributed by atoms with Gasteiger partial charge in [0.05, 0.1) is 119 Å². The van der Waals surface area contributed by atoms with E-state index >= 15 is 0 Å². The van der Waals surface area contributed by atoms with Crippen LogP contribution in [0.25, 0.3) is 0 Å². The monoisotopic (exact) mass is 853 g/mol. The van der Waals surface area contributed by atoms with Crippen LogP contribution in [0, 0.1) is 5.92 Å². The molecule has 0 bridgehead atoms. The van der Waals surface area contributed by atoms with Crippen LogP contribution in [0.1, 0.15) is 32.3 Å². The number of nitrogens with zero attached hydrogens (tertiary/aromatic N) is 1. The average molecular weight is 854 g/mol. The molecule has 1 atom stereocenters. The highest BCUT2D eigenvalue weighted by Gasteiger charge is 2.25. The minimum Gasteiger partial charge on any atom is -0.392 e. The van der Waals surface area contributed by atoms with Gasteiger partial charge in [0.1, 0.15) is 6.04 Å². The molecule has 5 N–H and O–H groups in total. The predicted molar refractivity (Wildman–Crippen MR) is 215 cm³/mol. The van der Waals surface area contributed by atoms with Gasteiger partial charge in [-0.25, -0.2) is 0 Å². The van der Waals surface area contributed by atoms with Crippen LogP contribution < -0.4 is 21.3 Å². The number of carbonyl (C=O) groups excluding carboxylic acids is 6. The molecular formula is C40H63N5O15. The van der Waals surface area contributed by atoms with Gasteiger partial charge in [-0.1, -0.05) is 26.0 Å². The van der Waals surface area contributed by atoms with Crippen molar-refractivity contribution >= 4 is 41.1 Å². The summed E-state index contributed by atoms with van der Waals surface area (Å²) in [4.78, 5) is 73.1. The molecule has 20 heteroatoms. The van der Waals surface area contributed by atoms with Gasteiger partial charge in [0.15, 0.2) is 0 Å². The van der Waals surface area contributed by atoms with E-state index in [2.05, 4.69) is 21.3 Å². The van der Waals surface area contributed by atoms with E-state index in [4.69, 9.17) is 43.0 Å². The third-order valence-electron chi connectivity index (χ3n) is 8.22. The highest BCUT2D eigenvalue weighted by molar-refractivity contribution is 6.13. The second-order valence-electron chi connectivity index (χ2n) is 13.3. The average Bonchev–Trinajstić information content (AvgIpc) is 3.56. The SMILES string of the molecule is CC(C)[C@@H](NC(=O)CCOCCOCCOCCOCCOCCOCCOCCOCCNC(=O)CCN1C(=O)C=CC1=O)C(=O)NCC(=O)Nc1ccc(CO)cc1. The Balaban J connectivity index is 1.27. The van der Waals surface area contributed by atoms with E-state index in [0.717, 1.165) is 4.90 Å². The first-order chi connectivity index (χ1) is 29.1. The fourth-order valence-corrected chi connectivity index (χ4v) is 4.98. The van der Waals surface area contributed by atoms with E-state index in [9.17, 15) is 28.8 Å². The van der Waals surface area contributed by atoms with Crippen LogP contribution >= 0.6 is 0 Å². The number of aliphatic hydroxyl groups excluding tert-OH is 1. The Bertz CT molecular complexity index is 1410. The lowest BCUT2D eigenvalue weighted by Crippen LogP contribution is -2.51. The van der Waals surface area contributed by atoms with Crippen molar-refractivity contribution in [3.63, 3.8) is 0 Å². The van der Waals surface area contributed by atoms with Gasteiger partial charge in [-0.3, -0.25) is 33.7 Å². The van der Waals surface area contributed by atoms with Gasteiger partial charge in [-0.15, -0.1) is 0 Å².